The van der Waals surface area contributed by atoms with Gasteiger partial charge < -0.3 is 0 Å². The van der Waals surface area contributed by atoms with E-state index in [-0.39, 0.29) is 0 Å². The van der Waals surface area contributed by atoms with Crippen LogP contribution < -0.4 is 0 Å². The molecule has 0 spiro atoms. The van der Waals surface area contributed by atoms with Gasteiger partial charge >= 0.3 is 0 Å². The molecule has 4 aromatic carbocycles. The lowest BCUT2D eigenvalue weighted by molar-refractivity contribution is 0.952. The van der Waals surface area contributed by atoms with E-state index in [2.05, 4.69) is 146 Å². The van der Waals surface area contributed by atoms with E-state index in [1.807, 2.05) is 0 Å². The zero-order valence-corrected chi connectivity index (χ0v) is 23.4. The number of fused-ring (bicyclic) bond motifs is 5. The molecule has 0 heterocycles. The van der Waals surface area contributed by atoms with Crippen molar-refractivity contribution in [2.75, 3.05) is 0 Å². The lowest BCUT2D eigenvalue weighted by Gasteiger charge is -2.13. The number of rotatable bonds is 3. The molecule has 4 aromatic rings. The van der Waals surface area contributed by atoms with Gasteiger partial charge in [-0.3, -0.25) is 0 Å². The molecule has 0 aliphatic heterocycles. The molecule has 0 radical (unpaired) electrons. The van der Waals surface area contributed by atoms with Crippen LogP contribution in [-0.2, 0) is 0 Å². The van der Waals surface area contributed by atoms with Crippen molar-refractivity contribution in [2.24, 2.45) is 0 Å². The van der Waals surface area contributed by atoms with Gasteiger partial charge in [0.2, 0.25) is 0 Å². The van der Waals surface area contributed by atoms with Crippen molar-refractivity contribution in [1.82, 2.24) is 0 Å². The van der Waals surface area contributed by atoms with Crippen LogP contribution >= 0.6 is 0 Å². The Morgan fingerprint density at radius 2 is 1.29 bits per heavy atom. The molecule has 198 valence electrons. The summed E-state index contributed by atoms with van der Waals surface area (Å²) >= 11 is 0. The Bertz CT molecular complexity index is 1890. The van der Waals surface area contributed by atoms with Gasteiger partial charge in [-0.2, -0.15) is 0 Å². The molecule has 2 bridgehead atoms. The Balaban J connectivity index is 1.19. The van der Waals surface area contributed by atoms with Crippen LogP contribution in [0.15, 0.2) is 168 Å². The molecule has 0 aromatic heterocycles. The van der Waals surface area contributed by atoms with Gasteiger partial charge in [0.25, 0.3) is 0 Å². The smallest absolute Gasteiger partial charge is 0.00638 e. The normalized spacial score (nSPS) is 17.2. The zero-order valence-electron chi connectivity index (χ0n) is 23.4. The summed E-state index contributed by atoms with van der Waals surface area (Å²) < 4.78 is 0. The average Bonchev–Trinajstić information content (AvgIpc) is 3.38. The molecule has 7 rings (SSSR count). The van der Waals surface area contributed by atoms with Gasteiger partial charge in [0.15, 0.2) is 0 Å². The summed E-state index contributed by atoms with van der Waals surface area (Å²) in [5, 5.41) is 5.19. The Morgan fingerprint density at radius 1 is 0.537 bits per heavy atom. The summed E-state index contributed by atoms with van der Waals surface area (Å²) in [5.41, 5.74) is 10.6. The number of allylic oxidation sites excluding steroid dienone is 16. The van der Waals surface area contributed by atoms with Gasteiger partial charge in [-0.25, -0.2) is 0 Å². The van der Waals surface area contributed by atoms with Crippen molar-refractivity contribution in [3.63, 3.8) is 0 Å². The highest BCUT2D eigenvalue weighted by molar-refractivity contribution is 6.13. The standard InChI is InChI=1S/C41H34/c1-2-13-31-26-30(12-1)24-25-35(27-31)33-16-5-3-14-32(15-4-6-17-33)34-19-11-20-36(28-34)41-29-37-18-7-8-21-38(37)39-22-9-10-23-40(39)41/h2-3,6-11,13-25,27-29H,1,4-5,12,26H2. The monoisotopic (exact) mass is 526 g/mol. The van der Waals surface area contributed by atoms with E-state index in [4.69, 9.17) is 0 Å². The number of hydrogen-bond donors (Lipinski definition) is 0. The van der Waals surface area contributed by atoms with Crippen molar-refractivity contribution < 1.29 is 0 Å². The van der Waals surface area contributed by atoms with Gasteiger partial charge in [-0.1, -0.05) is 139 Å². The molecular weight excluding hydrogens is 492 g/mol. The highest BCUT2D eigenvalue weighted by Gasteiger charge is 2.11. The third-order valence-electron chi connectivity index (χ3n) is 8.39. The summed E-state index contributed by atoms with van der Waals surface area (Å²) in [7, 11) is 0. The minimum absolute atomic E-state index is 0.894. The molecule has 0 N–H and O–H groups in total. The van der Waals surface area contributed by atoms with Crippen LogP contribution in [0.1, 0.15) is 37.7 Å². The molecule has 41 heavy (non-hydrogen) atoms. The van der Waals surface area contributed by atoms with Gasteiger partial charge in [0, 0.05) is 0 Å². The molecule has 0 nitrogen and oxygen atoms in total. The first kappa shape index (κ1) is 25.3. The molecule has 0 saturated heterocycles. The average molecular weight is 527 g/mol. The highest BCUT2D eigenvalue weighted by Crippen LogP contribution is 2.36. The van der Waals surface area contributed by atoms with Gasteiger partial charge in [0.05, 0.1) is 0 Å². The molecule has 0 amide bonds. The Hall–Kier alpha value is -4.68. The van der Waals surface area contributed by atoms with E-state index in [1.54, 1.807) is 0 Å². The van der Waals surface area contributed by atoms with Crippen LogP contribution in [0.2, 0.25) is 0 Å². The maximum Gasteiger partial charge on any atom is -0.00638 e. The van der Waals surface area contributed by atoms with Crippen LogP contribution in [0.3, 0.4) is 0 Å². The molecule has 3 aliphatic carbocycles. The fraction of sp³-hybridized carbons (Fsp3) is 0.122. The fourth-order valence-electron chi connectivity index (χ4n) is 6.29. The third-order valence-corrected chi connectivity index (χ3v) is 8.39. The molecule has 0 atom stereocenters. The molecule has 0 heteroatoms. The largest absolute Gasteiger partial charge is 0.0839 e. The van der Waals surface area contributed by atoms with Crippen molar-refractivity contribution in [1.29, 1.82) is 0 Å². The summed E-state index contributed by atoms with van der Waals surface area (Å²) in [4.78, 5) is 0. The predicted octanol–water partition coefficient (Wildman–Crippen LogP) is 11.4. The summed E-state index contributed by atoms with van der Waals surface area (Å²) in [6.07, 6.45) is 30.8. The van der Waals surface area contributed by atoms with E-state index >= 15 is 0 Å². The third kappa shape index (κ3) is 5.39. The Labute approximate surface area is 243 Å². The topological polar surface area (TPSA) is 0 Å². The predicted molar refractivity (Wildman–Crippen MR) is 178 cm³/mol. The minimum Gasteiger partial charge on any atom is -0.0839 e. The van der Waals surface area contributed by atoms with Crippen LogP contribution in [0.25, 0.3) is 38.2 Å². The van der Waals surface area contributed by atoms with Gasteiger partial charge in [-0.05, 0) is 105 Å². The summed E-state index contributed by atoms with van der Waals surface area (Å²) in [6.45, 7) is 0. The molecule has 0 saturated carbocycles. The second-order valence-electron chi connectivity index (χ2n) is 11.2. The van der Waals surface area contributed by atoms with Crippen LogP contribution in [-0.4, -0.2) is 0 Å². The zero-order chi connectivity index (χ0) is 27.4. The SMILES string of the molecule is C1=CC(C2=CC=C3CCC=CC(=C2)C3)=CCC=CC(c2cccc(-c3cc4ccccc4c4ccccc34)c2)=CC1. The second kappa shape index (κ2) is 11.4. The maximum atomic E-state index is 2.38. The van der Waals surface area contributed by atoms with Gasteiger partial charge in [0.1, 0.15) is 0 Å². The molecule has 3 aliphatic rings. The van der Waals surface area contributed by atoms with Gasteiger partial charge in [-0.15, -0.1) is 0 Å². The number of hydrogen-bond acceptors (Lipinski definition) is 0. The van der Waals surface area contributed by atoms with E-state index in [1.165, 1.54) is 72.5 Å². The van der Waals surface area contributed by atoms with Crippen molar-refractivity contribution in [3.8, 4) is 11.1 Å². The summed E-state index contributed by atoms with van der Waals surface area (Å²) in [6, 6.07) is 28.9. The lowest BCUT2D eigenvalue weighted by Crippen LogP contribution is -1.89. The van der Waals surface area contributed by atoms with Crippen molar-refractivity contribution >= 4 is 27.1 Å². The first-order valence-corrected chi connectivity index (χ1v) is 14.8. The van der Waals surface area contributed by atoms with Crippen molar-refractivity contribution in [2.45, 2.75) is 32.1 Å². The van der Waals surface area contributed by atoms with Crippen molar-refractivity contribution in [3.05, 3.63) is 174 Å². The second-order valence-corrected chi connectivity index (χ2v) is 11.2. The quantitative estimate of drug-likeness (QED) is 0.233. The minimum atomic E-state index is 0.894. The van der Waals surface area contributed by atoms with Crippen LogP contribution in [0.5, 0.6) is 0 Å². The first-order valence-electron chi connectivity index (χ1n) is 14.8. The fourth-order valence-corrected chi connectivity index (χ4v) is 6.29. The lowest BCUT2D eigenvalue weighted by atomic mass is 9.91. The maximum absolute atomic E-state index is 2.38. The van der Waals surface area contributed by atoms with E-state index in [0.717, 1.165) is 25.7 Å². The van der Waals surface area contributed by atoms with E-state index < -0.39 is 0 Å². The van der Waals surface area contributed by atoms with E-state index in [9.17, 15) is 0 Å². The molecular formula is C41H34. The van der Waals surface area contributed by atoms with Crippen LogP contribution in [0, 0.1) is 0 Å². The molecule has 0 fully saturated rings. The Morgan fingerprint density at radius 3 is 2.20 bits per heavy atom. The highest BCUT2D eigenvalue weighted by atomic mass is 14.2. The summed E-state index contributed by atoms with van der Waals surface area (Å²) in [5.74, 6) is 0. The van der Waals surface area contributed by atoms with E-state index in [0.29, 0.717) is 0 Å². The van der Waals surface area contributed by atoms with Crippen LogP contribution in [0.4, 0.5) is 0 Å². The Kier molecular flexibility index (Phi) is 7.06. The molecule has 0 unspecified atom stereocenters. The first-order chi connectivity index (χ1) is 20.3. The number of benzene rings is 4.